The molecule has 0 aliphatic heterocycles. The maximum atomic E-state index is 11.8. The van der Waals surface area contributed by atoms with Gasteiger partial charge in [-0.2, -0.15) is 0 Å². The maximum absolute atomic E-state index is 11.8. The molecule has 0 atom stereocenters. The van der Waals surface area contributed by atoms with Gasteiger partial charge in [-0.25, -0.2) is 4.98 Å². The van der Waals surface area contributed by atoms with Crippen molar-refractivity contribution in [2.75, 3.05) is 5.32 Å². The smallest absolute Gasteiger partial charge is 0.230 e. The molecule has 0 saturated heterocycles. The Balaban J connectivity index is 1.73. The highest BCUT2D eigenvalue weighted by Gasteiger charge is 2.06. The molecule has 0 radical (unpaired) electrons. The van der Waals surface area contributed by atoms with Crippen molar-refractivity contribution in [2.45, 2.75) is 6.42 Å². The lowest BCUT2D eigenvalue weighted by Crippen LogP contribution is -2.14. The van der Waals surface area contributed by atoms with Crippen molar-refractivity contribution in [1.82, 2.24) is 9.97 Å². The zero-order valence-corrected chi connectivity index (χ0v) is 10.3. The number of H-pyrrole nitrogens is 1. The first-order valence-corrected chi connectivity index (χ1v) is 6.44. The third kappa shape index (κ3) is 2.26. The van der Waals surface area contributed by atoms with E-state index < -0.39 is 0 Å². The molecule has 2 heterocycles. The largest absolute Gasteiger partial charge is 0.361 e. The van der Waals surface area contributed by atoms with Gasteiger partial charge in [-0.1, -0.05) is 6.07 Å². The normalized spacial score (nSPS) is 10.7. The summed E-state index contributed by atoms with van der Waals surface area (Å²) in [6.45, 7) is 0. The first-order valence-electron chi connectivity index (χ1n) is 5.56. The van der Waals surface area contributed by atoms with Gasteiger partial charge in [0.1, 0.15) is 0 Å². The van der Waals surface area contributed by atoms with Crippen LogP contribution in [0.15, 0.2) is 42.0 Å². The topological polar surface area (TPSA) is 57.8 Å². The van der Waals surface area contributed by atoms with E-state index in [0.717, 1.165) is 16.5 Å². The molecule has 0 aliphatic carbocycles. The number of benzene rings is 1. The second-order valence-electron chi connectivity index (χ2n) is 3.96. The molecule has 0 bridgehead atoms. The van der Waals surface area contributed by atoms with Crippen molar-refractivity contribution >= 4 is 33.3 Å². The predicted octanol–water partition coefficient (Wildman–Crippen LogP) is 2.81. The van der Waals surface area contributed by atoms with Crippen LogP contribution in [-0.4, -0.2) is 15.9 Å². The van der Waals surface area contributed by atoms with E-state index in [4.69, 9.17) is 0 Å². The van der Waals surface area contributed by atoms with Crippen molar-refractivity contribution in [1.29, 1.82) is 0 Å². The Labute approximate surface area is 108 Å². The van der Waals surface area contributed by atoms with Crippen LogP contribution in [0, 0.1) is 0 Å². The minimum absolute atomic E-state index is 0.0418. The number of rotatable bonds is 3. The number of hydrogen-bond acceptors (Lipinski definition) is 3. The Hall–Kier alpha value is -2.14. The first-order chi connectivity index (χ1) is 8.81. The number of anilines is 1. The fraction of sp³-hybridized carbons (Fsp3) is 0.0769. The van der Waals surface area contributed by atoms with Gasteiger partial charge in [-0.3, -0.25) is 4.79 Å². The van der Waals surface area contributed by atoms with Crippen molar-refractivity contribution in [3.05, 3.63) is 47.6 Å². The molecule has 2 N–H and O–H groups in total. The van der Waals surface area contributed by atoms with Gasteiger partial charge in [0.05, 0.1) is 6.42 Å². The average Bonchev–Trinajstić information content (AvgIpc) is 2.98. The molecule has 2 aromatic heterocycles. The lowest BCUT2D eigenvalue weighted by Gasteiger charge is -2.02. The van der Waals surface area contributed by atoms with Crippen molar-refractivity contribution in [3.63, 3.8) is 0 Å². The number of aromatic amines is 1. The van der Waals surface area contributed by atoms with E-state index in [-0.39, 0.29) is 5.91 Å². The number of hydrogen-bond donors (Lipinski definition) is 2. The summed E-state index contributed by atoms with van der Waals surface area (Å²) in [5.74, 6) is -0.0418. The molecular formula is C13H11N3OS. The molecule has 90 valence electrons. The van der Waals surface area contributed by atoms with E-state index >= 15 is 0 Å². The molecule has 1 aromatic carbocycles. The number of aromatic nitrogens is 2. The number of carbonyl (C=O) groups is 1. The monoisotopic (exact) mass is 257 g/mol. The fourth-order valence-electron chi connectivity index (χ4n) is 1.85. The molecule has 0 unspecified atom stereocenters. The Morgan fingerprint density at radius 3 is 3.17 bits per heavy atom. The summed E-state index contributed by atoms with van der Waals surface area (Å²) >= 11 is 1.42. The lowest BCUT2D eigenvalue weighted by molar-refractivity contribution is -0.115. The molecule has 3 aromatic rings. The summed E-state index contributed by atoms with van der Waals surface area (Å²) in [6.07, 6.45) is 3.93. The summed E-state index contributed by atoms with van der Waals surface area (Å²) in [5.41, 5.74) is 2.08. The summed E-state index contributed by atoms with van der Waals surface area (Å²) in [7, 11) is 0. The molecule has 3 rings (SSSR count). The fourth-order valence-corrected chi connectivity index (χ4v) is 2.39. The molecule has 0 fully saturated rings. The van der Waals surface area contributed by atoms with Gasteiger partial charge in [0.15, 0.2) is 5.13 Å². The number of amides is 1. The van der Waals surface area contributed by atoms with Crippen LogP contribution >= 0.6 is 11.3 Å². The van der Waals surface area contributed by atoms with E-state index in [9.17, 15) is 4.79 Å². The van der Waals surface area contributed by atoms with Crippen molar-refractivity contribution in [3.8, 4) is 0 Å². The molecule has 0 saturated carbocycles. The zero-order chi connectivity index (χ0) is 12.4. The van der Waals surface area contributed by atoms with Crippen LogP contribution in [0.4, 0.5) is 5.13 Å². The Morgan fingerprint density at radius 1 is 1.39 bits per heavy atom. The van der Waals surface area contributed by atoms with Crippen molar-refractivity contribution in [2.24, 2.45) is 0 Å². The van der Waals surface area contributed by atoms with E-state index in [1.54, 1.807) is 6.20 Å². The van der Waals surface area contributed by atoms with E-state index in [1.165, 1.54) is 11.3 Å². The van der Waals surface area contributed by atoms with Gasteiger partial charge < -0.3 is 10.3 Å². The molecule has 5 heteroatoms. The van der Waals surface area contributed by atoms with Gasteiger partial charge in [0.25, 0.3) is 0 Å². The zero-order valence-electron chi connectivity index (χ0n) is 9.51. The van der Waals surface area contributed by atoms with Gasteiger partial charge in [0, 0.05) is 23.3 Å². The summed E-state index contributed by atoms with van der Waals surface area (Å²) in [5, 5.41) is 6.37. The average molecular weight is 257 g/mol. The second-order valence-corrected chi connectivity index (χ2v) is 4.86. The predicted molar refractivity (Wildman–Crippen MR) is 72.7 cm³/mol. The highest BCUT2D eigenvalue weighted by molar-refractivity contribution is 7.13. The Morgan fingerprint density at radius 2 is 2.33 bits per heavy atom. The van der Waals surface area contributed by atoms with Crippen molar-refractivity contribution < 1.29 is 4.79 Å². The van der Waals surface area contributed by atoms with Gasteiger partial charge >= 0.3 is 0 Å². The third-order valence-electron chi connectivity index (χ3n) is 2.66. The van der Waals surface area contributed by atoms with Gasteiger partial charge in [-0.15, -0.1) is 11.3 Å². The minimum Gasteiger partial charge on any atom is -0.361 e. The molecule has 18 heavy (non-hydrogen) atoms. The molecule has 4 nitrogen and oxygen atoms in total. The van der Waals surface area contributed by atoms with E-state index in [1.807, 2.05) is 35.8 Å². The van der Waals surface area contributed by atoms with Crippen LogP contribution in [0.1, 0.15) is 5.56 Å². The third-order valence-corrected chi connectivity index (χ3v) is 3.35. The van der Waals surface area contributed by atoms with Crippen LogP contribution in [0.3, 0.4) is 0 Å². The SMILES string of the molecule is O=C(Cc1ccc2[nH]ccc2c1)Nc1nccs1. The highest BCUT2D eigenvalue weighted by Crippen LogP contribution is 2.16. The Bertz CT molecular complexity index is 672. The summed E-state index contributed by atoms with van der Waals surface area (Å²) in [6, 6.07) is 7.96. The van der Waals surface area contributed by atoms with Crippen LogP contribution in [-0.2, 0) is 11.2 Å². The highest BCUT2D eigenvalue weighted by atomic mass is 32.1. The van der Waals surface area contributed by atoms with E-state index in [2.05, 4.69) is 15.3 Å². The number of nitrogens with zero attached hydrogens (tertiary/aromatic N) is 1. The lowest BCUT2D eigenvalue weighted by atomic mass is 10.1. The standard InChI is InChI=1S/C13H11N3OS/c17-12(16-13-15-5-6-18-13)8-9-1-2-11-10(7-9)3-4-14-11/h1-7,14H,8H2,(H,15,16,17). The van der Waals surface area contributed by atoms with Gasteiger partial charge in [-0.05, 0) is 29.1 Å². The molecular weight excluding hydrogens is 246 g/mol. The number of carbonyl (C=O) groups excluding carboxylic acids is 1. The number of thiazole rings is 1. The number of fused-ring (bicyclic) bond motifs is 1. The minimum atomic E-state index is -0.0418. The molecule has 0 aliphatic rings. The first kappa shape index (κ1) is 11.0. The second kappa shape index (κ2) is 4.62. The summed E-state index contributed by atoms with van der Waals surface area (Å²) < 4.78 is 0. The van der Waals surface area contributed by atoms with Crippen LogP contribution in [0.25, 0.3) is 10.9 Å². The van der Waals surface area contributed by atoms with Crippen LogP contribution < -0.4 is 5.32 Å². The quantitative estimate of drug-likeness (QED) is 0.758. The molecule has 0 spiro atoms. The Kier molecular flexibility index (Phi) is 2.82. The van der Waals surface area contributed by atoms with E-state index in [0.29, 0.717) is 11.6 Å². The maximum Gasteiger partial charge on any atom is 0.230 e. The molecule has 1 amide bonds. The van der Waals surface area contributed by atoms with Crippen LogP contribution in [0.2, 0.25) is 0 Å². The number of nitrogens with one attached hydrogen (secondary N) is 2. The van der Waals surface area contributed by atoms with Crippen LogP contribution in [0.5, 0.6) is 0 Å². The summed E-state index contributed by atoms with van der Waals surface area (Å²) in [4.78, 5) is 19.0. The van der Waals surface area contributed by atoms with Gasteiger partial charge in [0.2, 0.25) is 5.91 Å².